The van der Waals surface area contributed by atoms with Crippen molar-refractivity contribution in [1.29, 1.82) is 0 Å². The van der Waals surface area contributed by atoms with Crippen LogP contribution in [0.1, 0.15) is 25.6 Å². The molecule has 1 atom stereocenters. The Morgan fingerprint density at radius 1 is 1.50 bits per heavy atom. The zero-order valence-electron chi connectivity index (χ0n) is 8.91. The molecule has 14 heavy (non-hydrogen) atoms. The standard InChI is InChI=1S/C11H17NOS/c1-8(2)9(3)11(13)12-7-10-5-4-6-14-10/h4-6,8-9H,7H2,1-3H3,(H,12,13). The smallest absolute Gasteiger partial charge is 0.223 e. The Morgan fingerprint density at radius 2 is 2.21 bits per heavy atom. The van der Waals surface area contributed by atoms with Crippen molar-refractivity contribution >= 4 is 17.2 Å². The second-order valence-corrected chi connectivity index (χ2v) is 4.86. The number of carbonyl (C=O) groups excluding carboxylic acids is 1. The lowest BCUT2D eigenvalue weighted by Crippen LogP contribution is -2.31. The van der Waals surface area contributed by atoms with E-state index < -0.39 is 0 Å². The maximum Gasteiger partial charge on any atom is 0.223 e. The van der Waals surface area contributed by atoms with Gasteiger partial charge in [-0.2, -0.15) is 0 Å². The van der Waals surface area contributed by atoms with Gasteiger partial charge in [0, 0.05) is 10.8 Å². The van der Waals surface area contributed by atoms with Crippen LogP contribution in [0.25, 0.3) is 0 Å². The second-order valence-electron chi connectivity index (χ2n) is 3.83. The number of nitrogens with one attached hydrogen (secondary N) is 1. The second kappa shape index (κ2) is 5.15. The minimum Gasteiger partial charge on any atom is -0.351 e. The Morgan fingerprint density at radius 3 is 2.71 bits per heavy atom. The topological polar surface area (TPSA) is 29.1 Å². The molecule has 1 aromatic rings. The molecular weight excluding hydrogens is 194 g/mol. The summed E-state index contributed by atoms with van der Waals surface area (Å²) in [4.78, 5) is 12.8. The molecule has 0 aromatic carbocycles. The minimum atomic E-state index is 0.0926. The Kier molecular flexibility index (Phi) is 4.14. The van der Waals surface area contributed by atoms with E-state index in [4.69, 9.17) is 0 Å². The molecule has 0 aliphatic heterocycles. The molecule has 1 N–H and O–H groups in total. The summed E-state index contributed by atoms with van der Waals surface area (Å²) >= 11 is 1.67. The van der Waals surface area contributed by atoms with Gasteiger partial charge in [0.1, 0.15) is 0 Å². The fraction of sp³-hybridized carbons (Fsp3) is 0.545. The Labute approximate surface area is 89.3 Å². The third kappa shape index (κ3) is 3.14. The first kappa shape index (κ1) is 11.2. The summed E-state index contributed by atoms with van der Waals surface area (Å²) in [5, 5.41) is 4.96. The number of hydrogen-bond acceptors (Lipinski definition) is 2. The molecule has 0 radical (unpaired) electrons. The van der Waals surface area contributed by atoms with Crippen LogP contribution >= 0.6 is 11.3 Å². The predicted octanol–water partition coefficient (Wildman–Crippen LogP) is 2.66. The van der Waals surface area contributed by atoms with Crippen LogP contribution in [0.4, 0.5) is 0 Å². The van der Waals surface area contributed by atoms with Gasteiger partial charge in [-0.15, -0.1) is 11.3 Å². The molecule has 0 fully saturated rings. The molecule has 1 aromatic heterocycles. The van der Waals surface area contributed by atoms with Gasteiger partial charge in [0.2, 0.25) is 5.91 Å². The summed E-state index contributed by atoms with van der Waals surface area (Å²) in [6.07, 6.45) is 0. The van der Waals surface area contributed by atoms with Crippen molar-refractivity contribution in [3.8, 4) is 0 Å². The summed E-state index contributed by atoms with van der Waals surface area (Å²) in [6.45, 7) is 6.76. The maximum absolute atomic E-state index is 11.6. The van der Waals surface area contributed by atoms with Crippen molar-refractivity contribution in [2.24, 2.45) is 11.8 Å². The highest BCUT2D eigenvalue weighted by Gasteiger charge is 2.15. The summed E-state index contributed by atoms with van der Waals surface area (Å²) in [7, 11) is 0. The first-order valence-corrected chi connectivity index (χ1v) is 5.79. The molecule has 1 heterocycles. The molecule has 0 bridgehead atoms. The normalized spacial score (nSPS) is 12.9. The zero-order valence-corrected chi connectivity index (χ0v) is 9.73. The molecule has 0 aliphatic rings. The lowest BCUT2D eigenvalue weighted by atomic mass is 9.97. The van der Waals surface area contributed by atoms with Gasteiger partial charge < -0.3 is 5.32 Å². The van der Waals surface area contributed by atoms with Crippen LogP contribution in [0.15, 0.2) is 17.5 Å². The minimum absolute atomic E-state index is 0.0926. The number of amides is 1. The van der Waals surface area contributed by atoms with E-state index in [2.05, 4.69) is 19.2 Å². The molecule has 1 unspecified atom stereocenters. The molecule has 3 heteroatoms. The van der Waals surface area contributed by atoms with E-state index >= 15 is 0 Å². The van der Waals surface area contributed by atoms with Gasteiger partial charge in [-0.25, -0.2) is 0 Å². The van der Waals surface area contributed by atoms with Gasteiger partial charge in [-0.3, -0.25) is 4.79 Å². The van der Waals surface area contributed by atoms with Gasteiger partial charge in [0.15, 0.2) is 0 Å². The van der Waals surface area contributed by atoms with Crippen LogP contribution in [0.2, 0.25) is 0 Å². The van der Waals surface area contributed by atoms with Crippen molar-refractivity contribution in [3.63, 3.8) is 0 Å². The van der Waals surface area contributed by atoms with E-state index in [-0.39, 0.29) is 11.8 Å². The van der Waals surface area contributed by atoms with E-state index in [1.165, 1.54) is 4.88 Å². The molecule has 0 spiro atoms. The molecule has 0 aliphatic carbocycles. The maximum atomic E-state index is 11.6. The number of carbonyl (C=O) groups is 1. The first-order chi connectivity index (χ1) is 6.61. The van der Waals surface area contributed by atoms with E-state index in [0.717, 1.165) is 0 Å². The van der Waals surface area contributed by atoms with Gasteiger partial charge in [0.05, 0.1) is 6.54 Å². The summed E-state index contributed by atoms with van der Waals surface area (Å²) < 4.78 is 0. The Bertz CT molecular complexity index is 279. The fourth-order valence-electron chi connectivity index (χ4n) is 1.05. The van der Waals surface area contributed by atoms with E-state index in [9.17, 15) is 4.79 Å². The van der Waals surface area contributed by atoms with Gasteiger partial charge in [-0.05, 0) is 17.4 Å². The van der Waals surface area contributed by atoms with Gasteiger partial charge in [0.25, 0.3) is 0 Å². The largest absolute Gasteiger partial charge is 0.351 e. The van der Waals surface area contributed by atoms with Crippen molar-refractivity contribution in [3.05, 3.63) is 22.4 Å². The predicted molar refractivity (Wildman–Crippen MR) is 60.2 cm³/mol. The van der Waals surface area contributed by atoms with Crippen molar-refractivity contribution in [2.45, 2.75) is 27.3 Å². The summed E-state index contributed by atoms with van der Waals surface area (Å²) in [5.41, 5.74) is 0. The Hall–Kier alpha value is -0.830. The molecule has 78 valence electrons. The van der Waals surface area contributed by atoms with Crippen LogP contribution in [0.5, 0.6) is 0 Å². The quantitative estimate of drug-likeness (QED) is 0.815. The third-order valence-corrected chi connectivity index (χ3v) is 3.31. The highest BCUT2D eigenvalue weighted by Crippen LogP contribution is 2.11. The zero-order chi connectivity index (χ0) is 10.6. The van der Waals surface area contributed by atoms with E-state index in [1.54, 1.807) is 11.3 Å². The van der Waals surface area contributed by atoms with Crippen LogP contribution in [-0.4, -0.2) is 5.91 Å². The van der Waals surface area contributed by atoms with Gasteiger partial charge in [-0.1, -0.05) is 26.8 Å². The van der Waals surface area contributed by atoms with E-state index in [0.29, 0.717) is 12.5 Å². The highest BCUT2D eigenvalue weighted by atomic mass is 32.1. The van der Waals surface area contributed by atoms with E-state index in [1.807, 2.05) is 24.4 Å². The summed E-state index contributed by atoms with van der Waals surface area (Å²) in [6, 6.07) is 4.03. The average molecular weight is 211 g/mol. The molecule has 1 amide bonds. The SMILES string of the molecule is CC(C)C(C)C(=O)NCc1cccs1. The summed E-state index contributed by atoms with van der Waals surface area (Å²) in [5.74, 6) is 0.640. The number of thiophene rings is 1. The number of hydrogen-bond donors (Lipinski definition) is 1. The van der Waals surface area contributed by atoms with Crippen LogP contribution < -0.4 is 5.32 Å². The van der Waals surface area contributed by atoms with Crippen molar-refractivity contribution < 1.29 is 4.79 Å². The fourth-order valence-corrected chi connectivity index (χ4v) is 1.70. The molecule has 0 saturated heterocycles. The lowest BCUT2D eigenvalue weighted by Gasteiger charge is -2.14. The monoisotopic (exact) mass is 211 g/mol. The van der Waals surface area contributed by atoms with Crippen LogP contribution in [-0.2, 0) is 11.3 Å². The lowest BCUT2D eigenvalue weighted by molar-refractivity contribution is -0.125. The molecular formula is C11H17NOS. The average Bonchev–Trinajstić information content (AvgIpc) is 2.65. The van der Waals surface area contributed by atoms with Gasteiger partial charge >= 0.3 is 0 Å². The van der Waals surface area contributed by atoms with Crippen LogP contribution in [0.3, 0.4) is 0 Å². The Balaban J connectivity index is 2.35. The third-order valence-electron chi connectivity index (χ3n) is 2.43. The molecule has 1 rings (SSSR count). The molecule has 0 saturated carbocycles. The number of rotatable bonds is 4. The van der Waals surface area contributed by atoms with Crippen molar-refractivity contribution in [1.82, 2.24) is 5.32 Å². The van der Waals surface area contributed by atoms with Crippen molar-refractivity contribution in [2.75, 3.05) is 0 Å². The molecule has 2 nitrogen and oxygen atoms in total. The highest BCUT2D eigenvalue weighted by molar-refractivity contribution is 7.09. The first-order valence-electron chi connectivity index (χ1n) is 4.91. The van der Waals surface area contributed by atoms with Crippen LogP contribution in [0, 0.1) is 11.8 Å².